The Bertz CT molecular complexity index is 907. The third-order valence-electron chi connectivity index (χ3n) is 3.62. The SMILES string of the molecule is Cc1ccc(S(=O)(=O)Nc2ccc3c(n2)C(C)(C)OC(=S)N3)cc1. The second-order valence-electron chi connectivity index (χ2n) is 6.04. The van der Waals surface area contributed by atoms with Crippen LogP contribution in [0.25, 0.3) is 0 Å². The molecule has 2 N–H and O–H groups in total. The molecule has 2 aromatic rings. The second-order valence-corrected chi connectivity index (χ2v) is 8.09. The molecule has 0 spiro atoms. The molecule has 24 heavy (non-hydrogen) atoms. The normalized spacial score (nSPS) is 15.9. The smallest absolute Gasteiger partial charge is 0.263 e. The lowest BCUT2D eigenvalue weighted by Gasteiger charge is -2.33. The summed E-state index contributed by atoms with van der Waals surface area (Å²) >= 11 is 5.05. The largest absolute Gasteiger partial charge is 0.458 e. The first-order valence-corrected chi connectivity index (χ1v) is 9.17. The summed E-state index contributed by atoms with van der Waals surface area (Å²) < 4.78 is 33.0. The molecule has 1 aromatic carbocycles. The van der Waals surface area contributed by atoms with Gasteiger partial charge in [0.25, 0.3) is 15.2 Å². The fourth-order valence-electron chi connectivity index (χ4n) is 2.41. The fraction of sp³-hybridized carbons (Fsp3) is 0.250. The highest BCUT2D eigenvalue weighted by molar-refractivity contribution is 7.92. The summed E-state index contributed by atoms with van der Waals surface area (Å²) in [5.74, 6) is 0.223. The third-order valence-corrected chi connectivity index (χ3v) is 5.18. The molecule has 0 saturated carbocycles. The van der Waals surface area contributed by atoms with Gasteiger partial charge in [0, 0.05) is 0 Å². The van der Waals surface area contributed by atoms with Gasteiger partial charge in [0.1, 0.15) is 17.1 Å². The molecule has 126 valence electrons. The first-order valence-electron chi connectivity index (χ1n) is 7.28. The molecule has 0 amide bonds. The van der Waals surface area contributed by atoms with Crippen molar-refractivity contribution in [1.82, 2.24) is 4.98 Å². The number of anilines is 2. The number of benzene rings is 1. The van der Waals surface area contributed by atoms with Crippen LogP contribution in [0.4, 0.5) is 11.5 Å². The summed E-state index contributed by atoms with van der Waals surface area (Å²) in [5, 5.41) is 3.18. The highest BCUT2D eigenvalue weighted by Crippen LogP contribution is 2.35. The highest BCUT2D eigenvalue weighted by Gasteiger charge is 2.33. The van der Waals surface area contributed by atoms with E-state index in [0.29, 0.717) is 11.4 Å². The molecule has 0 bridgehead atoms. The molecule has 1 aromatic heterocycles. The van der Waals surface area contributed by atoms with E-state index in [1.54, 1.807) is 36.4 Å². The van der Waals surface area contributed by atoms with Crippen molar-refractivity contribution in [3.63, 3.8) is 0 Å². The first-order chi connectivity index (χ1) is 11.2. The first kappa shape index (κ1) is 16.7. The van der Waals surface area contributed by atoms with Crippen LogP contribution < -0.4 is 10.0 Å². The van der Waals surface area contributed by atoms with Crippen LogP contribution >= 0.6 is 12.2 Å². The molecule has 0 atom stereocenters. The molecule has 8 heteroatoms. The van der Waals surface area contributed by atoms with Gasteiger partial charge in [-0.25, -0.2) is 13.4 Å². The van der Waals surface area contributed by atoms with Gasteiger partial charge in [-0.05, 0) is 57.3 Å². The summed E-state index contributed by atoms with van der Waals surface area (Å²) in [6.07, 6.45) is 0. The quantitative estimate of drug-likeness (QED) is 0.816. The number of hydrogen-bond donors (Lipinski definition) is 2. The summed E-state index contributed by atoms with van der Waals surface area (Å²) in [4.78, 5) is 4.57. The molecule has 1 aliphatic heterocycles. The number of aryl methyl sites for hydroxylation is 1. The monoisotopic (exact) mass is 363 g/mol. The van der Waals surface area contributed by atoms with Crippen LogP contribution in [-0.4, -0.2) is 18.6 Å². The molecule has 3 rings (SSSR count). The van der Waals surface area contributed by atoms with Crippen LogP contribution in [0.3, 0.4) is 0 Å². The number of rotatable bonds is 3. The molecule has 6 nitrogen and oxygen atoms in total. The number of fused-ring (bicyclic) bond motifs is 1. The maximum atomic E-state index is 12.5. The van der Waals surface area contributed by atoms with Gasteiger partial charge in [0.05, 0.1) is 10.6 Å². The number of hydrogen-bond acceptors (Lipinski definition) is 5. The van der Waals surface area contributed by atoms with Crippen LogP contribution in [0.15, 0.2) is 41.3 Å². The molecular formula is C16H17N3O3S2. The van der Waals surface area contributed by atoms with Crippen molar-refractivity contribution in [2.24, 2.45) is 0 Å². The topological polar surface area (TPSA) is 80.3 Å². The van der Waals surface area contributed by atoms with Crippen molar-refractivity contribution in [2.45, 2.75) is 31.3 Å². The van der Waals surface area contributed by atoms with Crippen LogP contribution in [0.5, 0.6) is 0 Å². The van der Waals surface area contributed by atoms with E-state index in [2.05, 4.69) is 15.0 Å². The summed E-state index contributed by atoms with van der Waals surface area (Å²) in [6, 6.07) is 9.92. The number of aromatic nitrogens is 1. The van der Waals surface area contributed by atoms with Crippen molar-refractivity contribution < 1.29 is 13.2 Å². The van der Waals surface area contributed by atoms with Gasteiger partial charge in [-0.1, -0.05) is 17.7 Å². The van der Waals surface area contributed by atoms with Crippen LogP contribution in [0, 0.1) is 6.92 Å². The highest BCUT2D eigenvalue weighted by atomic mass is 32.2. The number of ether oxygens (including phenoxy) is 1. The van der Waals surface area contributed by atoms with Crippen molar-refractivity contribution in [3.8, 4) is 0 Å². The summed E-state index contributed by atoms with van der Waals surface area (Å²) in [5.41, 5.74) is 1.53. The van der Waals surface area contributed by atoms with E-state index in [9.17, 15) is 8.42 Å². The average molecular weight is 363 g/mol. The second kappa shape index (κ2) is 5.71. The van der Waals surface area contributed by atoms with Gasteiger partial charge in [-0.15, -0.1) is 0 Å². The van der Waals surface area contributed by atoms with E-state index in [-0.39, 0.29) is 15.9 Å². The molecule has 0 aliphatic carbocycles. The van der Waals surface area contributed by atoms with Crippen molar-refractivity contribution >= 4 is 38.9 Å². The number of nitrogens with zero attached hydrogens (tertiary/aromatic N) is 1. The Hall–Kier alpha value is -2.19. The Morgan fingerprint density at radius 1 is 1.17 bits per heavy atom. The molecule has 2 heterocycles. The van der Waals surface area contributed by atoms with Gasteiger partial charge in [-0.2, -0.15) is 0 Å². The van der Waals surface area contributed by atoms with Crippen molar-refractivity contribution in [3.05, 3.63) is 47.7 Å². The van der Waals surface area contributed by atoms with Crippen molar-refractivity contribution in [2.75, 3.05) is 10.0 Å². The van der Waals surface area contributed by atoms with Gasteiger partial charge in [0.15, 0.2) is 0 Å². The Morgan fingerprint density at radius 3 is 2.50 bits per heavy atom. The molecule has 0 radical (unpaired) electrons. The molecule has 1 aliphatic rings. The molecule has 0 fully saturated rings. The van der Waals surface area contributed by atoms with E-state index in [1.165, 1.54) is 0 Å². The standard InChI is InChI=1S/C16H17N3O3S2/c1-10-4-6-11(7-5-10)24(20,21)19-13-9-8-12-14(18-13)16(2,3)22-15(23)17-12/h4-9H,1-3H3,(H,17,23)(H,18,19). The summed E-state index contributed by atoms with van der Waals surface area (Å²) in [6.45, 7) is 5.54. The van der Waals surface area contributed by atoms with E-state index in [4.69, 9.17) is 17.0 Å². The Labute approximate surface area is 146 Å². The van der Waals surface area contributed by atoms with Gasteiger partial charge in [-0.3, -0.25) is 4.72 Å². The minimum absolute atomic E-state index is 0.183. The Morgan fingerprint density at radius 2 is 1.83 bits per heavy atom. The minimum Gasteiger partial charge on any atom is -0.458 e. The maximum Gasteiger partial charge on any atom is 0.263 e. The summed E-state index contributed by atoms with van der Waals surface area (Å²) in [7, 11) is -3.70. The predicted molar refractivity (Wildman–Crippen MR) is 96.6 cm³/mol. The van der Waals surface area contributed by atoms with Crippen LogP contribution in [0.2, 0.25) is 0 Å². The lowest BCUT2D eigenvalue weighted by Crippen LogP contribution is -2.35. The molecule has 0 saturated heterocycles. The van der Waals surface area contributed by atoms with E-state index < -0.39 is 15.6 Å². The third kappa shape index (κ3) is 3.20. The molecular weight excluding hydrogens is 346 g/mol. The van der Waals surface area contributed by atoms with Gasteiger partial charge in [0.2, 0.25) is 0 Å². The number of pyridine rings is 1. The number of thiocarbonyl (C=S) groups is 1. The maximum absolute atomic E-state index is 12.5. The zero-order valence-electron chi connectivity index (χ0n) is 13.5. The van der Waals surface area contributed by atoms with Crippen LogP contribution in [-0.2, 0) is 20.4 Å². The zero-order chi connectivity index (χ0) is 17.5. The van der Waals surface area contributed by atoms with Gasteiger partial charge >= 0.3 is 0 Å². The van der Waals surface area contributed by atoms with E-state index in [1.807, 2.05) is 20.8 Å². The minimum atomic E-state index is -3.70. The van der Waals surface area contributed by atoms with E-state index >= 15 is 0 Å². The predicted octanol–water partition coefficient (Wildman–Crippen LogP) is 3.15. The van der Waals surface area contributed by atoms with Crippen LogP contribution in [0.1, 0.15) is 25.1 Å². The molecule has 0 unspecified atom stereocenters. The number of sulfonamides is 1. The lowest BCUT2D eigenvalue weighted by atomic mass is 10.0. The average Bonchev–Trinajstić information content (AvgIpc) is 2.47. The van der Waals surface area contributed by atoms with Gasteiger partial charge < -0.3 is 10.1 Å². The number of nitrogens with one attached hydrogen (secondary N) is 2. The van der Waals surface area contributed by atoms with Crippen molar-refractivity contribution in [1.29, 1.82) is 0 Å². The Balaban J connectivity index is 1.94. The van der Waals surface area contributed by atoms with E-state index in [0.717, 1.165) is 5.56 Å². The Kier molecular flexibility index (Phi) is 3.97. The fourth-order valence-corrected chi connectivity index (χ4v) is 3.72. The zero-order valence-corrected chi connectivity index (χ0v) is 15.1. The lowest BCUT2D eigenvalue weighted by molar-refractivity contribution is 0.0899.